The Labute approximate surface area is 113 Å². The van der Waals surface area contributed by atoms with Crippen LogP contribution in [0.15, 0.2) is 23.4 Å². The molecular formula is C14H21N3O2. The second kappa shape index (κ2) is 5.38. The first-order valence-electron chi connectivity index (χ1n) is 6.47. The minimum atomic E-state index is 0.118. The Morgan fingerprint density at radius 3 is 2.74 bits per heavy atom. The van der Waals surface area contributed by atoms with Crippen molar-refractivity contribution < 1.29 is 9.94 Å². The van der Waals surface area contributed by atoms with Gasteiger partial charge in [0.15, 0.2) is 5.84 Å². The molecule has 104 valence electrons. The van der Waals surface area contributed by atoms with Crippen LogP contribution in [0.1, 0.15) is 25.3 Å². The van der Waals surface area contributed by atoms with E-state index in [1.807, 2.05) is 25.2 Å². The van der Waals surface area contributed by atoms with Gasteiger partial charge in [0.1, 0.15) is 5.75 Å². The van der Waals surface area contributed by atoms with E-state index >= 15 is 0 Å². The summed E-state index contributed by atoms with van der Waals surface area (Å²) < 4.78 is 5.26. The van der Waals surface area contributed by atoms with Gasteiger partial charge in [-0.25, -0.2) is 0 Å². The maximum Gasteiger partial charge on any atom is 0.172 e. The van der Waals surface area contributed by atoms with Crippen LogP contribution in [0.25, 0.3) is 0 Å². The first-order valence-corrected chi connectivity index (χ1v) is 6.47. The first-order chi connectivity index (χ1) is 9.08. The predicted octanol–water partition coefficient (Wildman–Crippen LogP) is 2.02. The average molecular weight is 263 g/mol. The SMILES string of the molecule is COc1ccc(/C(N)=N/O)c(N(C)C(C)C2CC2)c1. The fraction of sp³-hybridized carbons (Fsp3) is 0.500. The average Bonchev–Trinajstić information content (AvgIpc) is 3.28. The standard InChI is InChI=1S/C14H21N3O2/c1-9(10-4-5-10)17(2)13-8-11(19-3)6-7-12(13)14(15)16-18/h6-10,18H,4-5H2,1-3H3,(H2,15,16). The molecule has 0 aliphatic heterocycles. The molecule has 19 heavy (non-hydrogen) atoms. The van der Waals surface area contributed by atoms with E-state index in [1.54, 1.807) is 7.11 Å². The summed E-state index contributed by atoms with van der Waals surface area (Å²) in [5.41, 5.74) is 7.39. The maximum atomic E-state index is 8.89. The van der Waals surface area contributed by atoms with Crippen LogP contribution in [-0.2, 0) is 0 Å². The van der Waals surface area contributed by atoms with E-state index in [2.05, 4.69) is 17.0 Å². The molecule has 1 unspecified atom stereocenters. The molecular weight excluding hydrogens is 242 g/mol. The third-order valence-electron chi connectivity index (χ3n) is 3.88. The molecule has 1 aliphatic rings. The van der Waals surface area contributed by atoms with Gasteiger partial charge in [0.25, 0.3) is 0 Å². The number of nitrogens with zero attached hydrogens (tertiary/aromatic N) is 2. The molecule has 1 atom stereocenters. The quantitative estimate of drug-likeness (QED) is 0.369. The molecule has 0 heterocycles. The Hall–Kier alpha value is -1.91. The van der Waals surface area contributed by atoms with Crippen LogP contribution in [0.5, 0.6) is 5.75 Å². The summed E-state index contributed by atoms with van der Waals surface area (Å²) in [6.45, 7) is 2.20. The Balaban J connectivity index is 2.39. The van der Waals surface area contributed by atoms with Gasteiger partial charge in [-0.2, -0.15) is 0 Å². The number of hydrogen-bond acceptors (Lipinski definition) is 4. The molecule has 0 amide bonds. The molecule has 2 rings (SSSR count). The van der Waals surface area contributed by atoms with Gasteiger partial charge in [0, 0.05) is 24.7 Å². The highest BCUT2D eigenvalue weighted by molar-refractivity contribution is 6.02. The smallest absolute Gasteiger partial charge is 0.172 e. The van der Waals surface area contributed by atoms with Gasteiger partial charge in [-0.3, -0.25) is 0 Å². The Bertz CT molecular complexity index is 484. The van der Waals surface area contributed by atoms with Gasteiger partial charge in [-0.05, 0) is 37.8 Å². The third-order valence-corrected chi connectivity index (χ3v) is 3.88. The van der Waals surface area contributed by atoms with Gasteiger partial charge in [-0.1, -0.05) is 5.16 Å². The lowest BCUT2D eigenvalue weighted by molar-refractivity contribution is 0.318. The number of anilines is 1. The van der Waals surface area contributed by atoms with Crippen LogP contribution in [0.3, 0.4) is 0 Å². The zero-order valence-corrected chi connectivity index (χ0v) is 11.6. The summed E-state index contributed by atoms with van der Waals surface area (Å²) in [5, 5.41) is 12.0. The lowest BCUT2D eigenvalue weighted by atomic mass is 10.1. The molecule has 0 radical (unpaired) electrons. The molecule has 0 spiro atoms. The molecule has 0 aromatic heterocycles. The highest BCUT2D eigenvalue weighted by Crippen LogP contribution is 2.37. The minimum absolute atomic E-state index is 0.118. The summed E-state index contributed by atoms with van der Waals surface area (Å²) >= 11 is 0. The lowest BCUT2D eigenvalue weighted by Gasteiger charge is -2.29. The number of benzene rings is 1. The maximum absolute atomic E-state index is 8.89. The number of hydrogen-bond donors (Lipinski definition) is 2. The number of rotatable bonds is 5. The van der Waals surface area contributed by atoms with Crippen molar-refractivity contribution in [2.45, 2.75) is 25.8 Å². The minimum Gasteiger partial charge on any atom is -0.497 e. The molecule has 1 aromatic carbocycles. The zero-order chi connectivity index (χ0) is 14.0. The number of oxime groups is 1. The van der Waals surface area contributed by atoms with Crippen LogP contribution in [0, 0.1) is 5.92 Å². The van der Waals surface area contributed by atoms with Crippen LogP contribution < -0.4 is 15.4 Å². The summed E-state index contributed by atoms with van der Waals surface area (Å²) in [5.74, 6) is 1.61. The molecule has 1 aliphatic carbocycles. The van der Waals surface area contributed by atoms with Crippen molar-refractivity contribution in [1.82, 2.24) is 0 Å². The molecule has 1 fully saturated rings. The Morgan fingerprint density at radius 2 is 2.21 bits per heavy atom. The van der Waals surface area contributed by atoms with Crippen molar-refractivity contribution >= 4 is 11.5 Å². The molecule has 0 bridgehead atoms. The van der Waals surface area contributed by atoms with Gasteiger partial charge in [-0.15, -0.1) is 0 Å². The molecule has 1 saturated carbocycles. The topological polar surface area (TPSA) is 71.1 Å². The number of amidine groups is 1. The van der Waals surface area contributed by atoms with E-state index in [0.717, 1.165) is 22.9 Å². The van der Waals surface area contributed by atoms with Crippen molar-refractivity contribution in [3.63, 3.8) is 0 Å². The molecule has 1 aromatic rings. The van der Waals surface area contributed by atoms with E-state index in [4.69, 9.17) is 15.7 Å². The fourth-order valence-corrected chi connectivity index (χ4v) is 2.31. The van der Waals surface area contributed by atoms with Crippen molar-refractivity contribution in [2.75, 3.05) is 19.1 Å². The van der Waals surface area contributed by atoms with Gasteiger partial charge >= 0.3 is 0 Å². The van der Waals surface area contributed by atoms with Gasteiger partial charge < -0.3 is 20.6 Å². The molecule has 5 heteroatoms. The fourth-order valence-electron chi connectivity index (χ4n) is 2.31. The van der Waals surface area contributed by atoms with Gasteiger partial charge in [0.2, 0.25) is 0 Å². The summed E-state index contributed by atoms with van der Waals surface area (Å²) in [6, 6.07) is 5.98. The number of ether oxygens (including phenoxy) is 1. The second-order valence-electron chi connectivity index (χ2n) is 5.06. The normalized spacial score (nSPS) is 17.1. The van der Waals surface area contributed by atoms with Crippen LogP contribution in [0.2, 0.25) is 0 Å². The monoisotopic (exact) mass is 263 g/mol. The molecule has 5 nitrogen and oxygen atoms in total. The van der Waals surface area contributed by atoms with Crippen molar-refractivity contribution in [2.24, 2.45) is 16.8 Å². The highest BCUT2D eigenvalue weighted by Gasteiger charge is 2.31. The van der Waals surface area contributed by atoms with Crippen LogP contribution in [-0.4, -0.2) is 31.2 Å². The Kier molecular flexibility index (Phi) is 3.83. The first kappa shape index (κ1) is 13.5. The van der Waals surface area contributed by atoms with E-state index < -0.39 is 0 Å². The number of methoxy groups -OCH3 is 1. The molecule has 0 saturated heterocycles. The predicted molar refractivity (Wildman–Crippen MR) is 76.1 cm³/mol. The second-order valence-corrected chi connectivity index (χ2v) is 5.06. The third kappa shape index (κ3) is 2.75. The Morgan fingerprint density at radius 1 is 1.53 bits per heavy atom. The van der Waals surface area contributed by atoms with E-state index in [1.165, 1.54) is 12.8 Å². The van der Waals surface area contributed by atoms with Crippen molar-refractivity contribution in [3.05, 3.63) is 23.8 Å². The molecule has 3 N–H and O–H groups in total. The zero-order valence-electron chi connectivity index (χ0n) is 11.6. The van der Waals surface area contributed by atoms with E-state index in [9.17, 15) is 0 Å². The van der Waals surface area contributed by atoms with Crippen LogP contribution in [0.4, 0.5) is 5.69 Å². The van der Waals surface area contributed by atoms with Crippen LogP contribution >= 0.6 is 0 Å². The number of nitrogens with two attached hydrogens (primary N) is 1. The van der Waals surface area contributed by atoms with E-state index in [-0.39, 0.29) is 5.84 Å². The lowest BCUT2D eigenvalue weighted by Crippen LogP contribution is -2.32. The van der Waals surface area contributed by atoms with Crippen molar-refractivity contribution in [3.8, 4) is 5.75 Å². The summed E-state index contributed by atoms with van der Waals surface area (Å²) in [7, 11) is 3.67. The largest absolute Gasteiger partial charge is 0.497 e. The highest BCUT2D eigenvalue weighted by atomic mass is 16.5. The van der Waals surface area contributed by atoms with E-state index in [0.29, 0.717) is 6.04 Å². The van der Waals surface area contributed by atoms with Gasteiger partial charge in [0.05, 0.1) is 12.8 Å². The summed E-state index contributed by atoms with van der Waals surface area (Å²) in [4.78, 5) is 2.17. The van der Waals surface area contributed by atoms with Crippen molar-refractivity contribution in [1.29, 1.82) is 0 Å². The summed E-state index contributed by atoms with van der Waals surface area (Å²) in [6.07, 6.45) is 2.54.